The van der Waals surface area contributed by atoms with Gasteiger partial charge in [0.25, 0.3) is 0 Å². The minimum atomic E-state index is 1.26. The zero-order valence-electron chi connectivity index (χ0n) is 16.6. The highest BCUT2D eigenvalue weighted by molar-refractivity contribution is 5.21. The first-order valence-corrected chi connectivity index (χ1v) is 10.9. The third-order valence-corrected chi connectivity index (χ3v) is 5.19. The summed E-state index contributed by atoms with van der Waals surface area (Å²) >= 11 is 0. The van der Waals surface area contributed by atoms with E-state index in [1.165, 1.54) is 114 Å². The molecule has 0 saturated heterocycles. The molecule has 0 N–H and O–H groups in total. The number of aryl methyl sites for hydroxylation is 2. The van der Waals surface area contributed by atoms with Gasteiger partial charge in [-0.15, -0.1) is 0 Å². The molecular formula is C24H42. The van der Waals surface area contributed by atoms with Crippen LogP contribution in [0.5, 0.6) is 0 Å². The Balaban J connectivity index is 1.75. The van der Waals surface area contributed by atoms with Crippen LogP contribution < -0.4 is 0 Å². The van der Waals surface area contributed by atoms with Gasteiger partial charge in [-0.2, -0.15) is 0 Å². The lowest BCUT2D eigenvalue weighted by atomic mass is 10.0. The van der Waals surface area contributed by atoms with Gasteiger partial charge in [-0.3, -0.25) is 0 Å². The van der Waals surface area contributed by atoms with Crippen LogP contribution in [-0.4, -0.2) is 0 Å². The van der Waals surface area contributed by atoms with Gasteiger partial charge in [0.2, 0.25) is 0 Å². The molecule has 0 aliphatic heterocycles. The minimum Gasteiger partial charge on any atom is -0.0654 e. The van der Waals surface area contributed by atoms with Crippen LogP contribution in [0.4, 0.5) is 0 Å². The quantitative estimate of drug-likeness (QED) is 0.267. The lowest BCUT2D eigenvalue weighted by Crippen LogP contribution is -1.87. The molecule has 0 fully saturated rings. The fourth-order valence-corrected chi connectivity index (χ4v) is 3.46. The van der Waals surface area contributed by atoms with Crippen LogP contribution in [0.2, 0.25) is 0 Å². The van der Waals surface area contributed by atoms with Crippen LogP contribution in [0.1, 0.15) is 114 Å². The highest BCUT2D eigenvalue weighted by atomic mass is 14.0. The lowest BCUT2D eigenvalue weighted by Gasteiger charge is -2.04. The van der Waals surface area contributed by atoms with Gasteiger partial charge in [-0.1, -0.05) is 127 Å². The van der Waals surface area contributed by atoms with Gasteiger partial charge in [0, 0.05) is 0 Å². The van der Waals surface area contributed by atoms with Crippen LogP contribution in [0.25, 0.3) is 0 Å². The maximum atomic E-state index is 2.30. The fourth-order valence-electron chi connectivity index (χ4n) is 3.46. The van der Waals surface area contributed by atoms with E-state index in [0.29, 0.717) is 0 Å². The standard InChI is InChI=1S/C24H42/c1-3-4-5-6-7-8-9-10-11-12-13-14-15-16-17-18-24-21-19-23(2)20-22-24/h19-22H,3-18H2,1-2H3. The molecule has 0 amide bonds. The molecular weight excluding hydrogens is 288 g/mol. The topological polar surface area (TPSA) is 0 Å². The Morgan fingerprint density at radius 2 is 0.875 bits per heavy atom. The predicted octanol–water partition coefficient (Wildman–Crippen LogP) is 8.41. The minimum absolute atomic E-state index is 1.26. The van der Waals surface area contributed by atoms with Crippen LogP contribution in [0, 0.1) is 6.92 Å². The Labute approximate surface area is 152 Å². The molecule has 0 aromatic heterocycles. The Kier molecular flexibility index (Phi) is 13.9. The second-order valence-electron chi connectivity index (χ2n) is 7.69. The summed E-state index contributed by atoms with van der Waals surface area (Å²) in [6, 6.07) is 9.05. The van der Waals surface area contributed by atoms with Gasteiger partial charge >= 0.3 is 0 Å². The molecule has 0 nitrogen and oxygen atoms in total. The van der Waals surface area contributed by atoms with E-state index >= 15 is 0 Å². The second kappa shape index (κ2) is 15.7. The molecule has 0 bridgehead atoms. The monoisotopic (exact) mass is 330 g/mol. The molecule has 0 atom stereocenters. The average molecular weight is 331 g/mol. The third kappa shape index (κ3) is 12.6. The van der Waals surface area contributed by atoms with E-state index in [1.54, 1.807) is 0 Å². The zero-order valence-corrected chi connectivity index (χ0v) is 16.6. The van der Waals surface area contributed by atoms with E-state index in [0.717, 1.165) is 0 Å². The molecule has 0 spiro atoms. The number of rotatable bonds is 16. The first-order valence-electron chi connectivity index (χ1n) is 10.9. The molecule has 0 unspecified atom stereocenters. The van der Waals surface area contributed by atoms with Gasteiger partial charge in [0.05, 0.1) is 0 Å². The van der Waals surface area contributed by atoms with Crippen molar-refractivity contribution in [2.75, 3.05) is 0 Å². The van der Waals surface area contributed by atoms with E-state index in [1.807, 2.05) is 0 Å². The Morgan fingerprint density at radius 3 is 1.29 bits per heavy atom. The summed E-state index contributed by atoms with van der Waals surface area (Å²) in [4.78, 5) is 0. The third-order valence-electron chi connectivity index (χ3n) is 5.19. The van der Waals surface area contributed by atoms with E-state index < -0.39 is 0 Å². The highest BCUT2D eigenvalue weighted by Gasteiger charge is 1.96. The summed E-state index contributed by atoms with van der Waals surface area (Å²) in [6.45, 7) is 4.46. The van der Waals surface area contributed by atoms with Crippen molar-refractivity contribution < 1.29 is 0 Å². The average Bonchev–Trinajstić information content (AvgIpc) is 2.60. The van der Waals surface area contributed by atoms with Crippen LogP contribution in [0.3, 0.4) is 0 Å². The molecule has 0 aliphatic rings. The SMILES string of the molecule is CCCCCCCCCCCCCCCCCc1ccc(C)cc1. The highest BCUT2D eigenvalue weighted by Crippen LogP contribution is 2.14. The zero-order chi connectivity index (χ0) is 17.3. The molecule has 1 aromatic rings. The Morgan fingerprint density at radius 1 is 0.500 bits per heavy atom. The first kappa shape index (κ1) is 21.3. The normalized spacial score (nSPS) is 11.1. The van der Waals surface area contributed by atoms with E-state index in [2.05, 4.69) is 38.1 Å². The summed E-state index contributed by atoms with van der Waals surface area (Å²) in [5.74, 6) is 0. The van der Waals surface area contributed by atoms with Crippen molar-refractivity contribution in [1.29, 1.82) is 0 Å². The lowest BCUT2D eigenvalue weighted by molar-refractivity contribution is 0.532. The van der Waals surface area contributed by atoms with E-state index in [-0.39, 0.29) is 0 Å². The maximum absolute atomic E-state index is 2.30. The van der Waals surface area contributed by atoms with Crippen LogP contribution in [0.15, 0.2) is 24.3 Å². The molecule has 0 saturated carbocycles. The van der Waals surface area contributed by atoms with Crippen molar-refractivity contribution in [3.05, 3.63) is 35.4 Å². The van der Waals surface area contributed by atoms with Gasteiger partial charge < -0.3 is 0 Å². The van der Waals surface area contributed by atoms with Gasteiger partial charge in [-0.25, -0.2) is 0 Å². The van der Waals surface area contributed by atoms with Gasteiger partial charge in [-0.05, 0) is 25.3 Å². The molecule has 0 radical (unpaired) electrons. The van der Waals surface area contributed by atoms with Crippen molar-refractivity contribution in [3.8, 4) is 0 Å². The van der Waals surface area contributed by atoms with Crippen molar-refractivity contribution in [3.63, 3.8) is 0 Å². The molecule has 1 aromatic carbocycles. The summed E-state index contributed by atoms with van der Waals surface area (Å²) in [6.07, 6.45) is 22.9. The molecule has 24 heavy (non-hydrogen) atoms. The van der Waals surface area contributed by atoms with Crippen LogP contribution in [-0.2, 0) is 6.42 Å². The smallest absolute Gasteiger partial charge is 0.0279 e. The van der Waals surface area contributed by atoms with Crippen molar-refractivity contribution in [2.24, 2.45) is 0 Å². The predicted molar refractivity (Wildman–Crippen MR) is 110 cm³/mol. The van der Waals surface area contributed by atoms with Crippen molar-refractivity contribution in [1.82, 2.24) is 0 Å². The van der Waals surface area contributed by atoms with E-state index in [9.17, 15) is 0 Å². The Bertz CT molecular complexity index is 362. The Hall–Kier alpha value is -0.780. The van der Waals surface area contributed by atoms with Gasteiger partial charge in [0.15, 0.2) is 0 Å². The molecule has 1 rings (SSSR count). The number of hydrogen-bond donors (Lipinski definition) is 0. The molecule has 0 heterocycles. The largest absolute Gasteiger partial charge is 0.0654 e. The number of benzene rings is 1. The number of hydrogen-bond acceptors (Lipinski definition) is 0. The summed E-state index contributed by atoms with van der Waals surface area (Å²) in [5.41, 5.74) is 2.88. The summed E-state index contributed by atoms with van der Waals surface area (Å²) in [7, 11) is 0. The fraction of sp³-hybridized carbons (Fsp3) is 0.750. The van der Waals surface area contributed by atoms with Gasteiger partial charge in [0.1, 0.15) is 0 Å². The maximum Gasteiger partial charge on any atom is -0.0279 e. The molecule has 0 heteroatoms. The molecule has 0 aliphatic carbocycles. The first-order chi connectivity index (χ1) is 11.8. The van der Waals surface area contributed by atoms with Crippen LogP contribution >= 0.6 is 0 Å². The summed E-state index contributed by atoms with van der Waals surface area (Å²) < 4.78 is 0. The second-order valence-corrected chi connectivity index (χ2v) is 7.69. The summed E-state index contributed by atoms with van der Waals surface area (Å²) in [5, 5.41) is 0. The number of unbranched alkanes of at least 4 members (excludes halogenated alkanes) is 14. The van der Waals surface area contributed by atoms with Crippen molar-refractivity contribution >= 4 is 0 Å². The van der Waals surface area contributed by atoms with E-state index in [4.69, 9.17) is 0 Å². The van der Waals surface area contributed by atoms with Crippen molar-refractivity contribution in [2.45, 2.75) is 117 Å². The molecule has 138 valence electrons.